The molecule has 0 amide bonds. The number of nitrogens with one attached hydrogen (secondary N) is 1. The Morgan fingerprint density at radius 3 is 3.14 bits per heavy atom. The van der Waals surface area contributed by atoms with Crippen molar-refractivity contribution in [1.82, 2.24) is 4.98 Å². The van der Waals surface area contributed by atoms with Gasteiger partial charge >= 0.3 is 0 Å². The number of aromatic nitrogens is 1. The first-order chi connectivity index (χ1) is 6.62. The van der Waals surface area contributed by atoms with Crippen molar-refractivity contribution in [3.05, 3.63) is 29.1 Å². The molecule has 1 aromatic rings. The van der Waals surface area contributed by atoms with Gasteiger partial charge in [0.05, 0.1) is 0 Å². The number of aromatic amines is 1. The Morgan fingerprint density at radius 1 is 1.64 bits per heavy atom. The topological polar surface area (TPSA) is 62.0 Å². The van der Waals surface area contributed by atoms with Crippen LogP contribution in [0.25, 0.3) is 6.08 Å². The number of fused-ring (bicyclic) bond motifs is 1. The highest BCUT2D eigenvalue weighted by Gasteiger charge is 2.27. The number of nitrogens with two attached hydrogens (primary N) is 1. The van der Waals surface area contributed by atoms with E-state index in [2.05, 4.69) is 4.98 Å². The molecule has 2 rings (SSSR count). The van der Waals surface area contributed by atoms with Gasteiger partial charge in [0, 0.05) is 18.3 Å². The Hall–Kier alpha value is -0.770. The molecule has 1 unspecified atom stereocenters. The molecule has 0 radical (unpaired) electrons. The molecular weight excluding hydrogens is 200 g/mol. The lowest BCUT2D eigenvalue weighted by Crippen LogP contribution is -2.24. The van der Waals surface area contributed by atoms with E-state index in [0.717, 1.165) is 23.2 Å². The summed E-state index contributed by atoms with van der Waals surface area (Å²) in [5.41, 5.74) is 8.74. The fourth-order valence-corrected chi connectivity index (χ4v) is 1.96. The Balaban J connectivity index is 2.35. The minimum Gasteiger partial charge on any atom is -0.371 e. The molecule has 1 aliphatic carbocycles. The summed E-state index contributed by atoms with van der Waals surface area (Å²) >= 11 is 5.85. The van der Waals surface area contributed by atoms with Crippen LogP contribution in [0.3, 0.4) is 0 Å². The average molecular weight is 213 g/mol. The molecule has 4 N–H and O–H groups in total. The Bertz CT molecular complexity index is 368. The first kappa shape index (κ1) is 9.77. The van der Waals surface area contributed by atoms with Gasteiger partial charge in [0.1, 0.15) is 0 Å². The van der Waals surface area contributed by atoms with Crippen LogP contribution in [-0.4, -0.2) is 21.7 Å². The van der Waals surface area contributed by atoms with E-state index in [1.54, 1.807) is 6.08 Å². The second-order valence-electron chi connectivity index (χ2n) is 3.57. The highest BCUT2D eigenvalue weighted by Crippen LogP contribution is 2.30. The summed E-state index contributed by atoms with van der Waals surface area (Å²) in [5.74, 6) is 0. The van der Waals surface area contributed by atoms with Crippen LogP contribution in [0.2, 0.25) is 0 Å². The van der Waals surface area contributed by atoms with E-state index in [4.69, 9.17) is 17.3 Å². The summed E-state index contributed by atoms with van der Waals surface area (Å²) in [5, 5.41) is 8.43. The van der Waals surface area contributed by atoms with Crippen LogP contribution in [0, 0.1) is 0 Å². The van der Waals surface area contributed by atoms with Crippen LogP contribution >= 0.6 is 11.6 Å². The molecule has 1 aromatic heterocycles. The number of alkyl halides is 1. The van der Waals surface area contributed by atoms with Crippen molar-refractivity contribution >= 4 is 17.7 Å². The first-order valence-corrected chi connectivity index (χ1v) is 5.00. The highest BCUT2D eigenvalue weighted by molar-refractivity contribution is 6.24. The summed E-state index contributed by atoms with van der Waals surface area (Å²) in [6, 6.07) is 0. The van der Waals surface area contributed by atoms with Crippen LogP contribution < -0.4 is 5.73 Å². The number of rotatable bonds is 2. The molecule has 14 heavy (non-hydrogen) atoms. The summed E-state index contributed by atoms with van der Waals surface area (Å²) in [4.78, 5) is 3.14. The molecule has 76 valence electrons. The summed E-state index contributed by atoms with van der Waals surface area (Å²) < 4.78 is 0. The van der Waals surface area contributed by atoms with Crippen LogP contribution in [-0.2, 0) is 12.8 Å². The van der Waals surface area contributed by atoms with E-state index in [1.807, 2.05) is 12.3 Å². The maximum Gasteiger partial charge on any atom is 0.161 e. The SMILES string of the molecule is NCCc1c[nH]c2c1CC(O)(Cl)C=C2. The molecule has 0 spiro atoms. The van der Waals surface area contributed by atoms with Crippen molar-refractivity contribution in [3.8, 4) is 0 Å². The average Bonchev–Trinajstić information content (AvgIpc) is 2.47. The number of aliphatic hydroxyl groups is 1. The monoisotopic (exact) mass is 212 g/mol. The summed E-state index contributed by atoms with van der Waals surface area (Å²) in [7, 11) is 0. The molecule has 1 heterocycles. The fraction of sp³-hybridized carbons (Fsp3) is 0.400. The molecule has 0 saturated heterocycles. The van der Waals surface area contributed by atoms with Gasteiger partial charge in [-0.05, 0) is 36.2 Å². The van der Waals surface area contributed by atoms with Crippen molar-refractivity contribution in [2.24, 2.45) is 5.73 Å². The largest absolute Gasteiger partial charge is 0.371 e. The maximum absolute atomic E-state index is 9.67. The zero-order valence-corrected chi connectivity index (χ0v) is 8.51. The molecule has 4 heteroatoms. The van der Waals surface area contributed by atoms with Crippen LogP contribution in [0.15, 0.2) is 12.3 Å². The fourth-order valence-electron chi connectivity index (χ4n) is 1.77. The number of hydrogen-bond acceptors (Lipinski definition) is 2. The molecule has 0 aromatic carbocycles. The van der Waals surface area contributed by atoms with Gasteiger partial charge in [-0.2, -0.15) is 0 Å². The van der Waals surface area contributed by atoms with Gasteiger partial charge in [-0.25, -0.2) is 0 Å². The number of H-pyrrole nitrogens is 1. The minimum absolute atomic E-state index is 0.444. The highest BCUT2D eigenvalue weighted by atomic mass is 35.5. The van der Waals surface area contributed by atoms with Gasteiger partial charge in [-0.3, -0.25) is 0 Å². The van der Waals surface area contributed by atoms with E-state index < -0.39 is 5.06 Å². The van der Waals surface area contributed by atoms with E-state index in [1.165, 1.54) is 0 Å². The lowest BCUT2D eigenvalue weighted by atomic mass is 9.96. The molecule has 0 fully saturated rings. The molecule has 1 atom stereocenters. The van der Waals surface area contributed by atoms with Crippen LogP contribution in [0.5, 0.6) is 0 Å². The van der Waals surface area contributed by atoms with E-state index in [9.17, 15) is 5.11 Å². The van der Waals surface area contributed by atoms with Crippen molar-refractivity contribution in [2.75, 3.05) is 6.54 Å². The smallest absolute Gasteiger partial charge is 0.161 e. The number of hydrogen-bond donors (Lipinski definition) is 3. The second kappa shape index (κ2) is 3.42. The Labute approximate surface area is 87.6 Å². The maximum atomic E-state index is 9.67. The molecular formula is C10H13ClN2O. The first-order valence-electron chi connectivity index (χ1n) is 4.62. The van der Waals surface area contributed by atoms with Gasteiger partial charge in [0.15, 0.2) is 5.06 Å². The van der Waals surface area contributed by atoms with Crippen molar-refractivity contribution in [2.45, 2.75) is 17.9 Å². The standard InChI is InChI=1S/C10H13ClN2O/c11-10(14)3-1-9-8(5-10)7(2-4-12)6-13-9/h1,3,6,13-14H,2,4-5,12H2. The summed E-state index contributed by atoms with van der Waals surface area (Å²) in [6.07, 6.45) is 6.59. The lowest BCUT2D eigenvalue weighted by molar-refractivity contribution is 0.179. The zero-order chi connectivity index (χ0) is 10.2. The third-order valence-electron chi connectivity index (χ3n) is 2.46. The normalized spacial score (nSPS) is 25.1. The van der Waals surface area contributed by atoms with Gasteiger partial charge in [-0.15, -0.1) is 0 Å². The van der Waals surface area contributed by atoms with Gasteiger partial charge in [0.25, 0.3) is 0 Å². The third kappa shape index (κ3) is 1.71. The quantitative estimate of drug-likeness (QED) is 0.641. The predicted octanol–water partition coefficient (Wildman–Crippen LogP) is 1.01. The van der Waals surface area contributed by atoms with Gasteiger partial charge < -0.3 is 15.8 Å². The van der Waals surface area contributed by atoms with Gasteiger partial charge in [-0.1, -0.05) is 11.6 Å². The van der Waals surface area contributed by atoms with E-state index >= 15 is 0 Å². The molecule has 1 aliphatic rings. The van der Waals surface area contributed by atoms with Gasteiger partial charge in [0.2, 0.25) is 0 Å². The van der Waals surface area contributed by atoms with Crippen molar-refractivity contribution in [3.63, 3.8) is 0 Å². The van der Waals surface area contributed by atoms with Crippen molar-refractivity contribution < 1.29 is 5.11 Å². The minimum atomic E-state index is -1.24. The summed E-state index contributed by atoms with van der Waals surface area (Å²) in [6.45, 7) is 0.606. The Morgan fingerprint density at radius 2 is 2.43 bits per heavy atom. The number of halogens is 1. The van der Waals surface area contributed by atoms with E-state index in [0.29, 0.717) is 13.0 Å². The van der Waals surface area contributed by atoms with Crippen LogP contribution in [0.1, 0.15) is 16.8 Å². The Kier molecular flexibility index (Phi) is 2.39. The third-order valence-corrected chi connectivity index (χ3v) is 2.72. The molecule has 0 aliphatic heterocycles. The predicted molar refractivity (Wildman–Crippen MR) is 57.1 cm³/mol. The molecule has 0 bridgehead atoms. The van der Waals surface area contributed by atoms with Crippen molar-refractivity contribution in [1.29, 1.82) is 0 Å². The second-order valence-corrected chi connectivity index (χ2v) is 4.23. The van der Waals surface area contributed by atoms with Crippen LogP contribution in [0.4, 0.5) is 0 Å². The van der Waals surface area contributed by atoms with E-state index in [-0.39, 0.29) is 0 Å². The zero-order valence-electron chi connectivity index (χ0n) is 7.76. The molecule has 3 nitrogen and oxygen atoms in total. The molecule has 0 saturated carbocycles. The lowest BCUT2D eigenvalue weighted by Gasteiger charge is -2.21.